The van der Waals surface area contributed by atoms with Crippen molar-refractivity contribution in [3.05, 3.63) is 29.8 Å². The standard InChI is InChI=1S/C23H36N4O7/c1-5-13(4)19(22(32)26-18(12(2)3)23(33)34)27-21(31)17(11-28)25-20(30)16(24)10-14-6-8-15(29)9-7-14/h6-9,12-13,16-19,28-29H,5,10-11,24H2,1-4H3,(H,25,30)(H,26,32)(H,27,31)(H,33,34). The van der Waals surface area contributed by atoms with Gasteiger partial charge < -0.3 is 37.0 Å². The number of hydrogen-bond donors (Lipinski definition) is 7. The highest BCUT2D eigenvalue weighted by Gasteiger charge is 2.33. The number of carbonyl (C=O) groups is 4. The molecule has 5 unspecified atom stereocenters. The van der Waals surface area contributed by atoms with Gasteiger partial charge in [0.15, 0.2) is 0 Å². The van der Waals surface area contributed by atoms with Crippen molar-refractivity contribution in [2.24, 2.45) is 17.6 Å². The number of nitrogens with one attached hydrogen (secondary N) is 3. The van der Waals surface area contributed by atoms with Crippen LogP contribution in [0.25, 0.3) is 0 Å². The van der Waals surface area contributed by atoms with E-state index in [0.717, 1.165) is 0 Å². The highest BCUT2D eigenvalue weighted by molar-refractivity contribution is 5.94. The number of nitrogens with two attached hydrogens (primary N) is 1. The van der Waals surface area contributed by atoms with Gasteiger partial charge in [0.25, 0.3) is 0 Å². The third-order valence-electron chi connectivity index (χ3n) is 5.57. The Morgan fingerprint density at radius 1 is 0.912 bits per heavy atom. The van der Waals surface area contributed by atoms with Crippen molar-refractivity contribution >= 4 is 23.7 Å². The molecule has 1 aromatic carbocycles. The lowest BCUT2D eigenvalue weighted by molar-refractivity contribution is -0.144. The average molecular weight is 481 g/mol. The van der Waals surface area contributed by atoms with Crippen LogP contribution in [0.3, 0.4) is 0 Å². The van der Waals surface area contributed by atoms with E-state index in [1.165, 1.54) is 12.1 Å². The van der Waals surface area contributed by atoms with Crippen LogP contribution in [-0.2, 0) is 25.6 Å². The molecule has 0 aliphatic heterocycles. The molecular weight excluding hydrogens is 444 g/mol. The molecule has 0 aliphatic rings. The van der Waals surface area contributed by atoms with Gasteiger partial charge in [0.05, 0.1) is 12.6 Å². The van der Waals surface area contributed by atoms with Crippen molar-refractivity contribution in [3.8, 4) is 5.75 Å². The fourth-order valence-electron chi connectivity index (χ4n) is 3.16. The number of carbonyl (C=O) groups excluding carboxylic acids is 3. The molecule has 1 aromatic rings. The summed E-state index contributed by atoms with van der Waals surface area (Å²) in [7, 11) is 0. The molecule has 11 nitrogen and oxygen atoms in total. The van der Waals surface area contributed by atoms with Crippen LogP contribution in [0, 0.1) is 11.8 Å². The summed E-state index contributed by atoms with van der Waals surface area (Å²) in [6.45, 7) is 6.09. The predicted molar refractivity (Wildman–Crippen MR) is 125 cm³/mol. The Morgan fingerprint density at radius 3 is 1.94 bits per heavy atom. The molecular formula is C23H36N4O7. The second-order valence-electron chi connectivity index (χ2n) is 8.66. The molecule has 0 radical (unpaired) electrons. The van der Waals surface area contributed by atoms with E-state index in [2.05, 4.69) is 16.0 Å². The van der Waals surface area contributed by atoms with Gasteiger partial charge in [-0.2, -0.15) is 0 Å². The molecule has 8 N–H and O–H groups in total. The maximum Gasteiger partial charge on any atom is 0.326 e. The summed E-state index contributed by atoms with van der Waals surface area (Å²) in [5.41, 5.74) is 6.61. The molecule has 190 valence electrons. The molecule has 0 bridgehead atoms. The van der Waals surface area contributed by atoms with Crippen molar-refractivity contribution in [1.29, 1.82) is 0 Å². The number of hydrogen-bond acceptors (Lipinski definition) is 7. The van der Waals surface area contributed by atoms with Crippen LogP contribution in [0.2, 0.25) is 0 Å². The van der Waals surface area contributed by atoms with Gasteiger partial charge in [-0.25, -0.2) is 4.79 Å². The zero-order valence-electron chi connectivity index (χ0n) is 19.9. The Kier molecular flexibility index (Phi) is 11.5. The maximum absolute atomic E-state index is 12.8. The summed E-state index contributed by atoms with van der Waals surface area (Å²) in [5, 5.41) is 35.7. The molecule has 0 aliphatic carbocycles. The van der Waals surface area contributed by atoms with Gasteiger partial charge in [-0.3, -0.25) is 14.4 Å². The van der Waals surface area contributed by atoms with Crippen molar-refractivity contribution in [1.82, 2.24) is 16.0 Å². The quantitative estimate of drug-likeness (QED) is 0.196. The normalized spacial score (nSPS) is 15.5. The van der Waals surface area contributed by atoms with Gasteiger partial charge in [0, 0.05) is 0 Å². The monoisotopic (exact) mass is 480 g/mol. The molecule has 0 aromatic heterocycles. The van der Waals surface area contributed by atoms with Gasteiger partial charge in [-0.15, -0.1) is 0 Å². The minimum atomic E-state index is -1.36. The average Bonchev–Trinajstić information content (AvgIpc) is 2.79. The maximum atomic E-state index is 12.8. The summed E-state index contributed by atoms with van der Waals surface area (Å²) >= 11 is 0. The van der Waals surface area contributed by atoms with Gasteiger partial charge >= 0.3 is 5.97 Å². The number of phenolic OH excluding ortho intramolecular Hbond substituents is 1. The molecule has 0 saturated carbocycles. The first-order chi connectivity index (χ1) is 15.9. The zero-order chi connectivity index (χ0) is 26.0. The largest absolute Gasteiger partial charge is 0.508 e. The number of benzene rings is 1. The molecule has 1 rings (SSSR count). The second kappa shape index (κ2) is 13.5. The minimum absolute atomic E-state index is 0.0711. The third kappa shape index (κ3) is 8.64. The summed E-state index contributed by atoms with van der Waals surface area (Å²) < 4.78 is 0. The number of aliphatic hydroxyl groups excluding tert-OH is 1. The van der Waals surface area contributed by atoms with Crippen molar-refractivity contribution < 1.29 is 34.5 Å². The molecule has 11 heteroatoms. The lowest BCUT2D eigenvalue weighted by Crippen LogP contribution is -2.60. The summed E-state index contributed by atoms with van der Waals surface area (Å²) in [4.78, 5) is 49.5. The number of rotatable bonds is 13. The Hall–Kier alpha value is -3.18. The topological polar surface area (TPSA) is 191 Å². The van der Waals surface area contributed by atoms with Gasteiger partial charge in [-0.05, 0) is 36.0 Å². The highest BCUT2D eigenvalue weighted by atomic mass is 16.4. The van der Waals surface area contributed by atoms with Crippen LogP contribution in [0.15, 0.2) is 24.3 Å². The third-order valence-corrected chi connectivity index (χ3v) is 5.57. The van der Waals surface area contributed by atoms with Crippen LogP contribution in [0.5, 0.6) is 5.75 Å². The predicted octanol–water partition coefficient (Wildman–Crippen LogP) is -0.505. The molecule has 0 saturated heterocycles. The number of aliphatic carboxylic acids is 1. The first-order valence-corrected chi connectivity index (χ1v) is 11.2. The first-order valence-electron chi connectivity index (χ1n) is 11.2. The van der Waals surface area contributed by atoms with Crippen LogP contribution in [0.1, 0.15) is 39.7 Å². The number of amides is 3. The van der Waals surface area contributed by atoms with E-state index in [1.807, 2.05) is 6.92 Å². The summed E-state index contributed by atoms with van der Waals surface area (Å²) in [6.07, 6.45) is 0.640. The Balaban J connectivity index is 2.86. The molecule has 0 heterocycles. The minimum Gasteiger partial charge on any atom is -0.508 e. The van der Waals surface area contributed by atoms with Crippen molar-refractivity contribution in [2.45, 2.75) is 64.7 Å². The molecule has 3 amide bonds. The Labute approximate surface area is 199 Å². The number of phenols is 1. The highest BCUT2D eigenvalue weighted by Crippen LogP contribution is 2.12. The van der Waals surface area contributed by atoms with Crippen molar-refractivity contribution in [3.63, 3.8) is 0 Å². The van der Waals surface area contributed by atoms with Crippen LogP contribution in [0.4, 0.5) is 0 Å². The van der Waals surface area contributed by atoms with Gasteiger partial charge in [0.2, 0.25) is 17.7 Å². The van der Waals surface area contributed by atoms with E-state index in [9.17, 15) is 34.5 Å². The van der Waals surface area contributed by atoms with E-state index in [-0.39, 0.29) is 24.0 Å². The molecule has 0 spiro atoms. The zero-order valence-corrected chi connectivity index (χ0v) is 19.9. The fourth-order valence-corrected chi connectivity index (χ4v) is 3.16. The van der Waals surface area contributed by atoms with E-state index in [4.69, 9.17) is 5.73 Å². The fraction of sp³-hybridized carbons (Fsp3) is 0.565. The number of aliphatic hydroxyl groups is 1. The summed E-state index contributed by atoms with van der Waals surface area (Å²) in [5.74, 6) is -4.01. The van der Waals surface area contributed by atoms with E-state index in [1.54, 1.807) is 32.9 Å². The number of carboxylic acid groups (broad SMARTS) is 1. The smallest absolute Gasteiger partial charge is 0.326 e. The van der Waals surface area contributed by atoms with E-state index >= 15 is 0 Å². The lowest BCUT2D eigenvalue weighted by atomic mass is 9.96. The SMILES string of the molecule is CCC(C)C(NC(=O)C(CO)NC(=O)C(N)Cc1ccc(O)cc1)C(=O)NC(C(=O)O)C(C)C. The van der Waals surface area contributed by atoms with Gasteiger partial charge in [0.1, 0.15) is 23.9 Å². The Bertz CT molecular complexity index is 844. The number of aromatic hydroxyl groups is 1. The van der Waals surface area contributed by atoms with Gasteiger partial charge in [-0.1, -0.05) is 46.2 Å². The van der Waals surface area contributed by atoms with E-state index in [0.29, 0.717) is 12.0 Å². The molecule has 0 fully saturated rings. The van der Waals surface area contributed by atoms with E-state index < -0.39 is 54.5 Å². The van der Waals surface area contributed by atoms with Crippen molar-refractivity contribution in [2.75, 3.05) is 6.61 Å². The van der Waals surface area contributed by atoms with Crippen LogP contribution >= 0.6 is 0 Å². The summed E-state index contributed by atoms with van der Waals surface area (Å²) in [6, 6.07) is 1.53. The molecule has 5 atom stereocenters. The van der Waals surface area contributed by atoms with Crippen LogP contribution in [-0.4, -0.2) is 69.8 Å². The Morgan fingerprint density at radius 2 is 1.47 bits per heavy atom. The number of carboxylic acids is 1. The first kappa shape index (κ1) is 28.9. The van der Waals surface area contributed by atoms with Crippen LogP contribution < -0.4 is 21.7 Å². The molecule has 34 heavy (non-hydrogen) atoms. The second-order valence-corrected chi connectivity index (χ2v) is 8.66. The lowest BCUT2D eigenvalue weighted by Gasteiger charge is -2.28.